The summed E-state index contributed by atoms with van der Waals surface area (Å²) in [6.45, 7) is 9.13. The maximum absolute atomic E-state index is 13.3. The van der Waals surface area contributed by atoms with Crippen LogP contribution in [0, 0.1) is 19.7 Å². The van der Waals surface area contributed by atoms with Gasteiger partial charge in [0, 0.05) is 18.7 Å². The molecule has 1 aromatic carbocycles. The van der Waals surface area contributed by atoms with Crippen LogP contribution in [0.5, 0.6) is 0 Å². The molecule has 0 saturated carbocycles. The smallest absolute Gasteiger partial charge is 0.246 e. The number of nitrogens with one attached hydrogen (secondary N) is 1. The number of benzene rings is 1. The van der Waals surface area contributed by atoms with Crippen molar-refractivity contribution < 1.29 is 17.7 Å². The fourth-order valence-corrected chi connectivity index (χ4v) is 5.04. The molecule has 1 unspecified atom stereocenters. The molecule has 2 aromatic rings. The fraction of sp³-hybridized carbons (Fsp3) is 0.500. The quantitative estimate of drug-likeness (QED) is 0.748. The number of nitrogens with zero attached hydrogens (tertiary/aromatic N) is 3. The highest BCUT2D eigenvalue weighted by molar-refractivity contribution is 7.89. The molecule has 1 aromatic heterocycles. The molecule has 0 fully saturated rings. The Kier molecular flexibility index (Phi) is 6.54. The van der Waals surface area contributed by atoms with Gasteiger partial charge in [-0.05, 0) is 26.0 Å². The van der Waals surface area contributed by atoms with Crippen molar-refractivity contribution in [3.05, 3.63) is 47.0 Å². The molecule has 6 nitrogen and oxygen atoms in total. The largest absolute Gasteiger partial charge is 0.315 e. The predicted molar refractivity (Wildman–Crippen MR) is 98.8 cm³/mol. The van der Waals surface area contributed by atoms with Crippen LogP contribution in [0.4, 0.5) is 4.39 Å². The van der Waals surface area contributed by atoms with Crippen molar-refractivity contribution in [3.8, 4) is 0 Å². The fourth-order valence-electron chi connectivity index (χ4n) is 3.21. The van der Waals surface area contributed by atoms with Crippen LogP contribution in [0.1, 0.15) is 30.8 Å². The molecule has 1 heterocycles. The summed E-state index contributed by atoms with van der Waals surface area (Å²) >= 11 is 0. The van der Waals surface area contributed by atoms with Crippen molar-refractivity contribution >= 4 is 10.0 Å². The van der Waals surface area contributed by atoms with E-state index in [9.17, 15) is 12.8 Å². The summed E-state index contributed by atoms with van der Waals surface area (Å²) in [5, 5.41) is 4.44. The summed E-state index contributed by atoms with van der Waals surface area (Å²) in [7, 11) is -1.58. The Hall–Kier alpha value is -1.77. The van der Waals surface area contributed by atoms with Gasteiger partial charge in [-0.2, -0.15) is 9.40 Å². The lowest BCUT2D eigenvalue weighted by molar-refractivity contribution is -0.917. The first-order chi connectivity index (χ1) is 12.2. The van der Waals surface area contributed by atoms with Gasteiger partial charge >= 0.3 is 0 Å². The van der Waals surface area contributed by atoms with Gasteiger partial charge in [0.15, 0.2) is 6.67 Å². The molecule has 144 valence electrons. The van der Waals surface area contributed by atoms with Crippen molar-refractivity contribution in [1.82, 2.24) is 14.1 Å². The van der Waals surface area contributed by atoms with E-state index in [2.05, 4.69) is 5.10 Å². The topological polar surface area (TPSA) is 59.6 Å². The number of quaternary nitrogens is 1. The van der Waals surface area contributed by atoms with Gasteiger partial charge in [-0.25, -0.2) is 17.5 Å². The summed E-state index contributed by atoms with van der Waals surface area (Å²) in [5.74, 6) is -0.256. The molecule has 1 atom stereocenters. The highest BCUT2D eigenvalue weighted by Gasteiger charge is 2.29. The molecule has 0 radical (unpaired) electrons. The van der Waals surface area contributed by atoms with Crippen LogP contribution in [0.2, 0.25) is 0 Å². The molecular weight excluding hydrogens is 355 g/mol. The van der Waals surface area contributed by atoms with Gasteiger partial charge in [-0.1, -0.05) is 26.0 Å². The summed E-state index contributed by atoms with van der Waals surface area (Å²) in [6, 6.07) is 6.51. The molecule has 2 rings (SSSR count). The molecule has 0 saturated heterocycles. The second-order valence-electron chi connectivity index (χ2n) is 6.51. The van der Waals surface area contributed by atoms with Gasteiger partial charge in [-0.3, -0.25) is 0 Å². The average Bonchev–Trinajstić information content (AvgIpc) is 2.82. The van der Waals surface area contributed by atoms with Crippen molar-refractivity contribution in [2.45, 2.75) is 45.8 Å². The van der Waals surface area contributed by atoms with Gasteiger partial charge in [0.2, 0.25) is 10.0 Å². The summed E-state index contributed by atoms with van der Waals surface area (Å²) in [6.07, 6.45) is 0. The van der Waals surface area contributed by atoms with Crippen LogP contribution < -0.4 is 4.90 Å². The zero-order valence-corrected chi connectivity index (χ0v) is 16.9. The van der Waals surface area contributed by atoms with Crippen LogP contribution in [-0.2, 0) is 23.2 Å². The molecular formula is C18H28FN4O2S+. The van der Waals surface area contributed by atoms with Crippen molar-refractivity contribution in [2.24, 2.45) is 0 Å². The van der Waals surface area contributed by atoms with Gasteiger partial charge < -0.3 is 4.90 Å². The Labute approximate surface area is 155 Å². The third-order valence-electron chi connectivity index (χ3n) is 4.43. The van der Waals surface area contributed by atoms with E-state index in [1.807, 2.05) is 27.0 Å². The van der Waals surface area contributed by atoms with E-state index < -0.39 is 10.0 Å². The molecule has 0 aliphatic rings. The van der Waals surface area contributed by atoms with Crippen molar-refractivity contribution in [3.63, 3.8) is 0 Å². The number of aromatic nitrogens is 2. The van der Waals surface area contributed by atoms with Crippen molar-refractivity contribution in [1.29, 1.82) is 0 Å². The van der Waals surface area contributed by atoms with Gasteiger partial charge in [0.1, 0.15) is 17.3 Å². The number of sulfonamides is 1. The van der Waals surface area contributed by atoms with Crippen LogP contribution in [0.25, 0.3) is 0 Å². The lowest BCUT2D eigenvalue weighted by atomic mass is 10.2. The third kappa shape index (κ3) is 4.31. The molecule has 1 N–H and O–H groups in total. The normalized spacial score (nSPS) is 13.3. The van der Waals surface area contributed by atoms with Crippen LogP contribution in [0.15, 0.2) is 29.2 Å². The third-order valence-corrected chi connectivity index (χ3v) is 6.74. The second-order valence-corrected chi connectivity index (χ2v) is 8.39. The van der Waals surface area contributed by atoms with Gasteiger partial charge in [0.25, 0.3) is 0 Å². The monoisotopic (exact) mass is 383 g/mol. The molecule has 0 spiro atoms. The van der Waals surface area contributed by atoms with Crippen LogP contribution in [-0.4, -0.2) is 42.6 Å². The summed E-state index contributed by atoms with van der Waals surface area (Å²) < 4.78 is 42.3. The lowest BCUT2D eigenvalue weighted by Crippen LogP contribution is -3.07. The average molecular weight is 384 g/mol. The van der Waals surface area contributed by atoms with Crippen LogP contribution >= 0.6 is 0 Å². The standard InChI is InChI=1S/C18H27FN4O2S/c1-6-22(7-2)26(24,25)18-14(3)20-23(15(18)4)13-21(5)12-16-9-8-10-17(19)11-16/h8-11H,6-7,12-13H2,1-5H3/p+1. The zero-order chi connectivity index (χ0) is 19.5. The Morgan fingerprint density at radius 3 is 2.46 bits per heavy atom. The summed E-state index contributed by atoms with van der Waals surface area (Å²) in [4.78, 5) is 1.37. The highest BCUT2D eigenvalue weighted by Crippen LogP contribution is 2.23. The number of hydrogen-bond donors (Lipinski definition) is 1. The Balaban J connectivity index is 2.24. The zero-order valence-electron chi connectivity index (χ0n) is 16.1. The lowest BCUT2D eigenvalue weighted by Gasteiger charge is -2.19. The Morgan fingerprint density at radius 1 is 1.23 bits per heavy atom. The molecule has 8 heteroatoms. The SMILES string of the molecule is CCN(CC)S(=O)(=O)c1c(C)nn(C[NH+](C)Cc2cccc(F)c2)c1C. The first-order valence-corrected chi connectivity index (χ1v) is 10.2. The Bertz CT molecular complexity index is 860. The number of aryl methyl sites for hydroxylation is 1. The maximum Gasteiger partial charge on any atom is 0.246 e. The number of hydrogen-bond acceptors (Lipinski definition) is 3. The van der Waals surface area contributed by atoms with Crippen LogP contribution in [0.3, 0.4) is 0 Å². The number of rotatable bonds is 8. The highest BCUT2D eigenvalue weighted by atomic mass is 32.2. The molecule has 26 heavy (non-hydrogen) atoms. The maximum atomic E-state index is 13.3. The van der Waals surface area contributed by atoms with E-state index in [0.29, 0.717) is 42.6 Å². The molecule has 0 aliphatic carbocycles. The first-order valence-electron chi connectivity index (χ1n) is 8.80. The number of halogens is 1. The Morgan fingerprint density at radius 2 is 1.88 bits per heavy atom. The van der Waals surface area contributed by atoms with E-state index in [1.54, 1.807) is 24.6 Å². The van der Waals surface area contributed by atoms with E-state index in [1.165, 1.54) is 16.4 Å². The van der Waals surface area contributed by atoms with E-state index >= 15 is 0 Å². The minimum absolute atomic E-state index is 0.256. The van der Waals surface area contributed by atoms with E-state index in [-0.39, 0.29) is 5.82 Å². The van der Waals surface area contributed by atoms with Gasteiger partial charge in [0.05, 0.1) is 18.4 Å². The second kappa shape index (κ2) is 8.28. The summed E-state index contributed by atoms with van der Waals surface area (Å²) in [5.41, 5.74) is 2.03. The van der Waals surface area contributed by atoms with E-state index in [4.69, 9.17) is 0 Å². The van der Waals surface area contributed by atoms with Gasteiger partial charge in [-0.15, -0.1) is 0 Å². The minimum Gasteiger partial charge on any atom is -0.315 e. The molecule has 0 bridgehead atoms. The molecule has 0 amide bonds. The molecule has 0 aliphatic heterocycles. The van der Waals surface area contributed by atoms with E-state index in [0.717, 1.165) is 10.5 Å². The first kappa shape index (κ1) is 20.5. The minimum atomic E-state index is -3.55. The predicted octanol–water partition coefficient (Wildman–Crippen LogP) is 1.34. The van der Waals surface area contributed by atoms with Crippen molar-refractivity contribution in [2.75, 3.05) is 20.1 Å².